The van der Waals surface area contributed by atoms with Crippen molar-refractivity contribution in [3.05, 3.63) is 0 Å². The lowest BCUT2D eigenvalue weighted by atomic mass is 9.69. The molecule has 1 saturated heterocycles. The van der Waals surface area contributed by atoms with E-state index in [9.17, 15) is 0 Å². The van der Waals surface area contributed by atoms with Crippen LogP contribution >= 0.6 is 0 Å². The minimum absolute atomic E-state index is 0.247. The molecule has 3 unspecified atom stereocenters. The summed E-state index contributed by atoms with van der Waals surface area (Å²) >= 11 is 0. The molecule has 0 spiro atoms. The van der Waals surface area contributed by atoms with Crippen molar-refractivity contribution in [3.8, 4) is 0 Å². The van der Waals surface area contributed by atoms with Crippen LogP contribution in [-0.4, -0.2) is 55.1 Å². The fourth-order valence-corrected chi connectivity index (χ4v) is 4.20. The maximum Gasteiger partial charge on any atom is 0.0357 e. The van der Waals surface area contributed by atoms with Gasteiger partial charge in [-0.3, -0.25) is 4.90 Å². The minimum Gasteiger partial charge on any atom is -0.329 e. The van der Waals surface area contributed by atoms with Gasteiger partial charge in [-0.05, 0) is 57.7 Å². The van der Waals surface area contributed by atoms with Gasteiger partial charge >= 0.3 is 0 Å². The molecule has 0 radical (unpaired) electrons. The van der Waals surface area contributed by atoms with Crippen LogP contribution in [0.3, 0.4) is 0 Å². The Kier molecular flexibility index (Phi) is 5.27. The monoisotopic (exact) mass is 267 g/mol. The van der Waals surface area contributed by atoms with Crippen LogP contribution in [0, 0.1) is 11.8 Å². The average Bonchev–Trinajstić information content (AvgIpc) is 2.92. The number of rotatable bonds is 5. The summed E-state index contributed by atoms with van der Waals surface area (Å²) < 4.78 is 0. The molecule has 3 heteroatoms. The standard InChI is InChI=1S/C16H33N3/c1-14-6-7-15(2)16(12-14,13-17)18(3)10-11-19-8-4-5-9-19/h14-15H,4-13,17H2,1-3H3. The molecular weight excluding hydrogens is 234 g/mol. The average molecular weight is 267 g/mol. The highest BCUT2D eigenvalue weighted by Crippen LogP contribution is 2.39. The van der Waals surface area contributed by atoms with Crippen LogP contribution in [0.1, 0.15) is 46.0 Å². The van der Waals surface area contributed by atoms with Crippen molar-refractivity contribution in [1.82, 2.24) is 9.80 Å². The summed E-state index contributed by atoms with van der Waals surface area (Å²) in [5, 5.41) is 0. The number of hydrogen-bond acceptors (Lipinski definition) is 3. The van der Waals surface area contributed by atoms with E-state index in [0.717, 1.165) is 18.4 Å². The molecule has 1 aliphatic heterocycles. The number of hydrogen-bond donors (Lipinski definition) is 1. The third-order valence-electron chi connectivity index (χ3n) is 5.78. The van der Waals surface area contributed by atoms with Gasteiger partial charge in [0.1, 0.15) is 0 Å². The van der Waals surface area contributed by atoms with Gasteiger partial charge in [-0.2, -0.15) is 0 Å². The van der Waals surface area contributed by atoms with Crippen molar-refractivity contribution < 1.29 is 0 Å². The molecule has 0 amide bonds. The largest absolute Gasteiger partial charge is 0.329 e. The van der Waals surface area contributed by atoms with E-state index in [1.54, 1.807) is 0 Å². The number of nitrogens with two attached hydrogens (primary N) is 1. The molecule has 2 N–H and O–H groups in total. The van der Waals surface area contributed by atoms with Crippen molar-refractivity contribution in [3.63, 3.8) is 0 Å². The Morgan fingerprint density at radius 3 is 2.53 bits per heavy atom. The number of nitrogens with zero attached hydrogens (tertiary/aromatic N) is 2. The van der Waals surface area contributed by atoms with E-state index < -0.39 is 0 Å². The van der Waals surface area contributed by atoms with Gasteiger partial charge < -0.3 is 10.6 Å². The predicted octanol–water partition coefficient (Wildman–Crippen LogP) is 2.17. The molecule has 2 fully saturated rings. The summed E-state index contributed by atoms with van der Waals surface area (Å²) in [4.78, 5) is 5.20. The van der Waals surface area contributed by atoms with Crippen LogP contribution in [0.2, 0.25) is 0 Å². The Morgan fingerprint density at radius 1 is 1.21 bits per heavy atom. The van der Waals surface area contributed by atoms with E-state index in [1.807, 2.05) is 0 Å². The first-order chi connectivity index (χ1) is 9.08. The van der Waals surface area contributed by atoms with Crippen molar-refractivity contribution in [2.45, 2.75) is 51.5 Å². The molecule has 1 saturated carbocycles. The van der Waals surface area contributed by atoms with Crippen molar-refractivity contribution >= 4 is 0 Å². The second-order valence-corrected chi connectivity index (χ2v) is 7.07. The fourth-order valence-electron chi connectivity index (χ4n) is 4.20. The normalized spacial score (nSPS) is 37.1. The van der Waals surface area contributed by atoms with Gasteiger partial charge in [-0.1, -0.05) is 20.3 Å². The number of likely N-dealkylation sites (N-methyl/N-ethyl adjacent to an activating group) is 1. The molecule has 0 bridgehead atoms. The van der Waals surface area contributed by atoms with E-state index in [1.165, 1.54) is 58.3 Å². The quantitative estimate of drug-likeness (QED) is 0.828. The zero-order chi connectivity index (χ0) is 13.9. The fraction of sp³-hybridized carbons (Fsp3) is 1.00. The maximum atomic E-state index is 6.22. The van der Waals surface area contributed by atoms with Gasteiger partial charge in [0, 0.05) is 25.2 Å². The molecule has 0 aromatic rings. The van der Waals surface area contributed by atoms with Crippen LogP contribution in [0.5, 0.6) is 0 Å². The van der Waals surface area contributed by atoms with E-state index in [4.69, 9.17) is 5.73 Å². The third kappa shape index (κ3) is 3.32. The third-order valence-corrected chi connectivity index (χ3v) is 5.78. The lowest BCUT2D eigenvalue weighted by Gasteiger charge is -2.50. The first kappa shape index (κ1) is 15.3. The molecule has 0 aromatic carbocycles. The molecule has 2 aliphatic rings. The summed E-state index contributed by atoms with van der Waals surface area (Å²) in [5.74, 6) is 1.56. The smallest absolute Gasteiger partial charge is 0.0357 e. The van der Waals surface area contributed by atoms with Crippen LogP contribution in [0.25, 0.3) is 0 Å². The minimum atomic E-state index is 0.247. The second-order valence-electron chi connectivity index (χ2n) is 7.07. The zero-order valence-electron chi connectivity index (χ0n) is 13.2. The highest BCUT2D eigenvalue weighted by molar-refractivity contribution is 4.99. The van der Waals surface area contributed by atoms with Crippen molar-refractivity contribution in [1.29, 1.82) is 0 Å². The second kappa shape index (κ2) is 6.55. The Labute approximate surface area is 119 Å². The highest BCUT2D eigenvalue weighted by Gasteiger charge is 2.42. The highest BCUT2D eigenvalue weighted by atomic mass is 15.2. The lowest BCUT2D eigenvalue weighted by Crippen LogP contribution is -2.60. The summed E-state index contributed by atoms with van der Waals surface area (Å²) in [7, 11) is 2.30. The van der Waals surface area contributed by atoms with Crippen LogP contribution in [0.15, 0.2) is 0 Å². The van der Waals surface area contributed by atoms with E-state index >= 15 is 0 Å². The molecule has 2 rings (SSSR count). The molecule has 1 aliphatic carbocycles. The first-order valence-corrected chi connectivity index (χ1v) is 8.22. The summed E-state index contributed by atoms with van der Waals surface area (Å²) in [6, 6.07) is 0. The van der Waals surface area contributed by atoms with E-state index in [-0.39, 0.29) is 5.54 Å². The van der Waals surface area contributed by atoms with Gasteiger partial charge in [0.2, 0.25) is 0 Å². The lowest BCUT2D eigenvalue weighted by molar-refractivity contribution is 0.0102. The summed E-state index contributed by atoms with van der Waals surface area (Å²) in [5.41, 5.74) is 6.47. The first-order valence-electron chi connectivity index (χ1n) is 8.22. The van der Waals surface area contributed by atoms with Gasteiger partial charge in [0.05, 0.1) is 0 Å². The van der Waals surface area contributed by atoms with Gasteiger partial charge in [0.15, 0.2) is 0 Å². The molecule has 112 valence electrons. The maximum absolute atomic E-state index is 6.22. The van der Waals surface area contributed by atoms with Gasteiger partial charge in [-0.25, -0.2) is 0 Å². The Bertz CT molecular complexity index is 275. The zero-order valence-corrected chi connectivity index (χ0v) is 13.2. The van der Waals surface area contributed by atoms with Crippen LogP contribution in [0.4, 0.5) is 0 Å². The topological polar surface area (TPSA) is 32.5 Å². The van der Waals surface area contributed by atoms with Crippen LogP contribution < -0.4 is 5.73 Å². The van der Waals surface area contributed by atoms with Crippen molar-refractivity contribution in [2.75, 3.05) is 39.8 Å². The van der Waals surface area contributed by atoms with Crippen LogP contribution in [-0.2, 0) is 0 Å². The van der Waals surface area contributed by atoms with E-state index in [0.29, 0.717) is 0 Å². The SMILES string of the molecule is CC1CCC(C)C(CN)(N(C)CCN2CCCC2)C1. The predicted molar refractivity (Wildman–Crippen MR) is 82.3 cm³/mol. The number of likely N-dealkylation sites (tertiary alicyclic amines) is 1. The molecule has 19 heavy (non-hydrogen) atoms. The molecule has 3 nitrogen and oxygen atoms in total. The Morgan fingerprint density at radius 2 is 1.89 bits per heavy atom. The van der Waals surface area contributed by atoms with Gasteiger partial charge in [0.25, 0.3) is 0 Å². The Hall–Kier alpha value is -0.120. The molecule has 1 heterocycles. The molecular formula is C16H33N3. The summed E-state index contributed by atoms with van der Waals surface area (Å²) in [6.45, 7) is 10.6. The van der Waals surface area contributed by atoms with E-state index in [2.05, 4.69) is 30.7 Å². The molecule has 3 atom stereocenters. The van der Waals surface area contributed by atoms with Gasteiger partial charge in [-0.15, -0.1) is 0 Å². The summed E-state index contributed by atoms with van der Waals surface area (Å²) in [6.07, 6.45) is 6.77. The van der Waals surface area contributed by atoms with Crippen molar-refractivity contribution in [2.24, 2.45) is 17.6 Å². The Balaban J connectivity index is 1.93. The molecule has 0 aromatic heterocycles.